The lowest BCUT2D eigenvalue weighted by molar-refractivity contribution is 1.14. The van der Waals surface area contributed by atoms with E-state index in [4.69, 9.17) is 0 Å². The number of aromatic amines is 1. The van der Waals surface area contributed by atoms with Gasteiger partial charge in [-0.15, -0.1) is 11.3 Å². The summed E-state index contributed by atoms with van der Waals surface area (Å²) in [6.07, 6.45) is 2.54. The van der Waals surface area contributed by atoms with Gasteiger partial charge < -0.3 is 4.98 Å². The summed E-state index contributed by atoms with van der Waals surface area (Å²) in [5.74, 6) is 0.655. The van der Waals surface area contributed by atoms with Crippen LogP contribution in [0.4, 0.5) is 0 Å². The fourth-order valence-corrected chi connectivity index (χ4v) is 2.09. The number of rotatable bonds is 2. The van der Waals surface area contributed by atoms with Gasteiger partial charge in [-0.05, 0) is 18.6 Å². The Balaban J connectivity index is 2.44. The van der Waals surface area contributed by atoms with Crippen LogP contribution in [0.1, 0.15) is 11.8 Å². The quantitative estimate of drug-likeness (QED) is 0.817. The van der Waals surface area contributed by atoms with Crippen LogP contribution in [0.5, 0.6) is 0 Å². The third-order valence-corrected chi connectivity index (χ3v) is 3.15. The first kappa shape index (κ1) is 9.15. The largest absolute Gasteiger partial charge is 0.306 e. The average molecular weight is 206 g/mol. The van der Waals surface area contributed by atoms with Crippen molar-refractivity contribution in [2.24, 2.45) is 0 Å². The normalized spacial score (nSPS) is 10.4. The van der Waals surface area contributed by atoms with Gasteiger partial charge in [-0.2, -0.15) is 0 Å². The molecule has 2 heterocycles. The lowest BCUT2D eigenvalue weighted by Gasteiger charge is -1.93. The second kappa shape index (κ2) is 3.75. The van der Waals surface area contributed by atoms with Crippen molar-refractivity contribution in [2.75, 3.05) is 0 Å². The highest BCUT2D eigenvalue weighted by Crippen LogP contribution is 2.24. The Kier molecular flexibility index (Phi) is 2.45. The summed E-state index contributed by atoms with van der Waals surface area (Å²) < 4.78 is 0. The predicted octanol–water partition coefficient (Wildman–Crippen LogP) is 2.06. The van der Waals surface area contributed by atoms with Crippen molar-refractivity contribution >= 4 is 11.3 Å². The highest BCUT2D eigenvalue weighted by atomic mass is 32.1. The lowest BCUT2D eigenvalue weighted by Crippen LogP contribution is -2.04. The number of aryl methyl sites for hydroxylation is 1. The van der Waals surface area contributed by atoms with Crippen LogP contribution >= 0.6 is 11.3 Å². The van der Waals surface area contributed by atoms with E-state index < -0.39 is 0 Å². The molecular formula is C10H10N2OS. The molecule has 0 fully saturated rings. The summed E-state index contributed by atoms with van der Waals surface area (Å²) in [5, 5.41) is 0. The van der Waals surface area contributed by atoms with Crippen LogP contribution in [0, 0.1) is 0 Å². The molecular weight excluding hydrogens is 196 g/mol. The number of nitrogens with one attached hydrogen (secondary N) is 1. The summed E-state index contributed by atoms with van der Waals surface area (Å²) in [5.41, 5.74) is -0.110. The minimum atomic E-state index is -0.110. The Labute approximate surface area is 85.5 Å². The van der Waals surface area contributed by atoms with Crippen molar-refractivity contribution in [3.63, 3.8) is 0 Å². The molecule has 2 aromatic rings. The van der Waals surface area contributed by atoms with Gasteiger partial charge in [-0.25, -0.2) is 4.98 Å². The average Bonchev–Trinajstić information content (AvgIpc) is 2.66. The van der Waals surface area contributed by atoms with Crippen molar-refractivity contribution in [1.29, 1.82) is 0 Å². The second-order valence-corrected chi connectivity index (χ2v) is 4.07. The molecule has 0 spiro atoms. The van der Waals surface area contributed by atoms with E-state index in [0.717, 1.165) is 11.3 Å². The molecule has 1 N–H and O–H groups in total. The molecule has 3 nitrogen and oxygen atoms in total. The molecule has 0 unspecified atom stereocenters. The minimum Gasteiger partial charge on any atom is -0.306 e. The van der Waals surface area contributed by atoms with E-state index in [2.05, 4.69) is 23.0 Å². The van der Waals surface area contributed by atoms with Crippen LogP contribution in [0.3, 0.4) is 0 Å². The molecule has 2 aromatic heterocycles. The number of aromatic nitrogens is 2. The topological polar surface area (TPSA) is 45.8 Å². The maximum atomic E-state index is 11.0. The zero-order chi connectivity index (χ0) is 9.97. The van der Waals surface area contributed by atoms with Gasteiger partial charge in [-0.1, -0.05) is 6.92 Å². The minimum absolute atomic E-state index is 0.110. The van der Waals surface area contributed by atoms with Crippen molar-refractivity contribution in [3.05, 3.63) is 39.6 Å². The fraction of sp³-hybridized carbons (Fsp3) is 0.200. The highest BCUT2D eigenvalue weighted by molar-refractivity contribution is 7.15. The molecule has 0 radical (unpaired) electrons. The van der Waals surface area contributed by atoms with E-state index in [1.807, 2.05) is 6.07 Å². The van der Waals surface area contributed by atoms with Gasteiger partial charge in [0.15, 0.2) is 0 Å². The Morgan fingerprint density at radius 2 is 2.29 bits per heavy atom. The molecule has 0 aliphatic rings. The Bertz CT molecular complexity index is 487. The summed E-state index contributed by atoms with van der Waals surface area (Å²) in [6, 6.07) is 5.46. The van der Waals surface area contributed by atoms with Crippen LogP contribution in [-0.4, -0.2) is 9.97 Å². The number of thiophene rings is 1. The zero-order valence-corrected chi connectivity index (χ0v) is 8.60. The first-order chi connectivity index (χ1) is 6.79. The summed E-state index contributed by atoms with van der Waals surface area (Å²) >= 11 is 1.66. The van der Waals surface area contributed by atoms with Crippen LogP contribution in [0.25, 0.3) is 10.7 Å². The molecule has 4 heteroatoms. The summed E-state index contributed by atoms with van der Waals surface area (Å²) in [6.45, 7) is 2.11. The molecule has 0 saturated heterocycles. The lowest BCUT2D eigenvalue weighted by atomic mass is 10.3. The predicted molar refractivity (Wildman–Crippen MR) is 57.5 cm³/mol. The van der Waals surface area contributed by atoms with Crippen LogP contribution in [0.15, 0.2) is 29.2 Å². The summed E-state index contributed by atoms with van der Waals surface area (Å²) in [7, 11) is 0. The van der Waals surface area contributed by atoms with E-state index in [9.17, 15) is 4.79 Å². The van der Waals surface area contributed by atoms with Crippen LogP contribution in [0.2, 0.25) is 0 Å². The Morgan fingerprint density at radius 1 is 1.43 bits per heavy atom. The van der Waals surface area contributed by atoms with Gasteiger partial charge in [0, 0.05) is 17.1 Å². The zero-order valence-electron chi connectivity index (χ0n) is 7.78. The van der Waals surface area contributed by atoms with Gasteiger partial charge in [-0.3, -0.25) is 4.79 Å². The molecule has 0 amide bonds. The van der Waals surface area contributed by atoms with E-state index in [-0.39, 0.29) is 5.56 Å². The van der Waals surface area contributed by atoms with Crippen LogP contribution < -0.4 is 5.56 Å². The second-order valence-electron chi connectivity index (χ2n) is 2.90. The van der Waals surface area contributed by atoms with Crippen LogP contribution in [-0.2, 0) is 6.42 Å². The van der Waals surface area contributed by atoms with E-state index in [0.29, 0.717) is 5.82 Å². The molecule has 0 aliphatic heterocycles. The SMILES string of the molecule is CCc1ccc(-c2nccc(=O)[nH]2)s1. The van der Waals surface area contributed by atoms with E-state index >= 15 is 0 Å². The van der Waals surface area contributed by atoms with Crippen molar-refractivity contribution in [1.82, 2.24) is 9.97 Å². The maximum Gasteiger partial charge on any atom is 0.251 e. The first-order valence-electron chi connectivity index (χ1n) is 4.44. The van der Waals surface area contributed by atoms with Gasteiger partial charge >= 0.3 is 0 Å². The van der Waals surface area contributed by atoms with Crippen molar-refractivity contribution < 1.29 is 0 Å². The van der Waals surface area contributed by atoms with E-state index in [1.165, 1.54) is 17.1 Å². The standard InChI is InChI=1S/C10H10N2OS/c1-2-7-3-4-8(14-7)10-11-6-5-9(13)12-10/h3-6H,2H2,1H3,(H,11,12,13). The monoisotopic (exact) mass is 206 g/mol. The molecule has 0 aliphatic carbocycles. The number of nitrogens with zero attached hydrogens (tertiary/aromatic N) is 1. The van der Waals surface area contributed by atoms with Crippen molar-refractivity contribution in [2.45, 2.75) is 13.3 Å². The number of hydrogen-bond donors (Lipinski definition) is 1. The maximum absolute atomic E-state index is 11.0. The molecule has 0 aromatic carbocycles. The molecule has 0 atom stereocenters. The van der Waals surface area contributed by atoms with Gasteiger partial charge in [0.25, 0.3) is 5.56 Å². The van der Waals surface area contributed by atoms with E-state index in [1.54, 1.807) is 11.3 Å². The smallest absolute Gasteiger partial charge is 0.251 e. The number of hydrogen-bond acceptors (Lipinski definition) is 3. The van der Waals surface area contributed by atoms with Gasteiger partial charge in [0.1, 0.15) is 5.82 Å². The fourth-order valence-electron chi connectivity index (χ4n) is 1.19. The number of H-pyrrole nitrogens is 1. The Morgan fingerprint density at radius 3 is 2.93 bits per heavy atom. The van der Waals surface area contributed by atoms with Gasteiger partial charge in [0.05, 0.1) is 4.88 Å². The molecule has 2 rings (SSSR count). The molecule has 14 heavy (non-hydrogen) atoms. The molecule has 72 valence electrons. The summed E-state index contributed by atoms with van der Waals surface area (Å²) in [4.78, 5) is 20.2. The molecule has 0 bridgehead atoms. The molecule has 0 saturated carbocycles. The third kappa shape index (κ3) is 1.75. The van der Waals surface area contributed by atoms with Gasteiger partial charge in [0.2, 0.25) is 0 Å². The Hall–Kier alpha value is -1.42. The highest BCUT2D eigenvalue weighted by Gasteiger charge is 2.02. The first-order valence-corrected chi connectivity index (χ1v) is 5.25. The third-order valence-electron chi connectivity index (χ3n) is 1.91. The van der Waals surface area contributed by atoms with Crippen molar-refractivity contribution in [3.8, 4) is 10.7 Å².